The fraction of sp³-hybridized carbons (Fsp3) is 0. The molecule has 0 atom stereocenters. The number of nitro groups is 1. The molecule has 2 rings (SSSR count). The van der Waals surface area contributed by atoms with Gasteiger partial charge in [0, 0.05) is 23.0 Å². The Labute approximate surface area is 127 Å². The summed E-state index contributed by atoms with van der Waals surface area (Å²) in [5.74, 6) is -0.451. The molecule has 102 valence electrons. The number of hydrogen-bond acceptors (Lipinski definition) is 4. The number of aromatic nitrogens is 1. The van der Waals surface area contributed by atoms with Crippen molar-refractivity contribution in [2.75, 3.05) is 5.32 Å². The van der Waals surface area contributed by atoms with Gasteiger partial charge in [-0.3, -0.25) is 19.9 Å². The van der Waals surface area contributed by atoms with Crippen molar-refractivity contribution in [3.63, 3.8) is 0 Å². The Bertz CT molecular complexity index is 693. The predicted octanol–water partition coefficient (Wildman–Crippen LogP) is 3.66. The molecule has 1 N–H and O–H groups in total. The van der Waals surface area contributed by atoms with Gasteiger partial charge in [-0.15, -0.1) is 0 Å². The standard InChI is InChI=1S/C12H7BrClN3O3/c13-9-6-8(1-2-11(9)17(19)20)16-12(18)10-5-7(14)3-4-15-10/h1-6H,(H,16,18). The molecule has 20 heavy (non-hydrogen) atoms. The minimum atomic E-state index is -0.520. The van der Waals surface area contributed by atoms with Crippen LogP contribution in [0.4, 0.5) is 11.4 Å². The largest absolute Gasteiger partial charge is 0.321 e. The van der Waals surface area contributed by atoms with Crippen molar-refractivity contribution >= 4 is 44.8 Å². The molecular formula is C12H7BrClN3O3. The van der Waals surface area contributed by atoms with Gasteiger partial charge in [0.05, 0.1) is 9.40 Å². The van der Waals surface area contributed by atoms with E-state index in [-0.39, 0.29) is 15.9 Å². The molecule has 8 heteroatoms. The second kappa shape index (κ2) is 5.98. The fourth-order valence-electron chi connectivity index (χ4n) is 1.46. The summed E-state index contributed by atoms with van der Waals surface area (Å²) in [4.78, 5) is 26.0. The molecule has 0 fully saturated rings. The van der Waals surface area contributed by atoms with E-state index in [0.717, 1.165) is 0 Å². The molecule has 0 radical (unpaired) electrons. The minimum absolute atomic E-state index is 0.0797. The molecular weight excluding hydrogens is 350 g/mol. The number of nitrogens with zero attached hydrogens (tertiary/aromatic N) is 2. The first-order chi connectivity index (χ1) is 9.47. The fourth-order valence-corrected chi connectivity index (χ4v) is 2.14. The maximum Gasteiger partial charge on any atom is 0.283 e. The van der Waals surface area contributed by atoms with Gasteiger partial charge in [-0.05, 0) is 40.2 Å². The number of benzene rings is 1. The molecule has 0 aliphatic heterocycles. The van der Waals surface area contributed by atoms with E-state index in [1.165, 1.54) is 30.5 Å². The topological polar surface area (TPSA) is 85.1 Å². The number of hydrogen-bond donors (Lipinski definition) is 1. The second-order valence-corrected chi connectivity index (χ2v) is 5.03. The highest BCUT2D eigenvalue weighted by molar-refractivity contribution is 9.10. The highest BCUT2D eigenvalue weighted by Gasteiger charge is 2.14. The SMILES string of the molecule is O=C(Nc1ccc([N+](=O)[O-])c(Br)c1)c1cc(Cl)ccn1. The van der Waals surface area contributed by atoms with E-state index in [0.29, 0.717) is 10.7 Å². The summed E-state index contributed by atoms with van der Waals surface area (Å²) in [6.07, 6.45) is 1.42. The van der Waals surface area contributed by atoms with Crippen LogP contribution in [0.25, 0.3) is 0 Å². The molecule has 0 saturated carbocycles. The molecule has 6 nitrogen and oxygen atoms in total. The Balaban J connectivity index is 2.20. The number of halogens is 2. The van der Waals surface area contributed by atoms with Crippen molar-refractivity contribution in [3.05, 3.63) is 61.8 Å². The van der Waals surface area contributed by atoms with Crippen LogP contribution in [0.2, 0.25) is 5.02 Å². The van der Waals surface area contributed by atoms with E-state index in [1.807, 2.05) is 0 Å². The molecule has 1 aromatic heterocycles. The van der Waals surface area contributed by atoms with Crippen LogP contribution >= 0.6 is 27.5 Å². The first-order valence-electron chi connectivity index (χ1n) is 5.34. The zero-order valence-corrected chi connectivity index (χ0v) is 12.2. The third-order valence-corrected chi connectivity index (χ3v) is 3.23. The van der Waals surface area contributed by atoms with Gasteiger partial charge in [0.1, 0.15) is 5.69 Å². The van der Waals surface area contributed by atoms with Crippen LogP contribution in [0.3, 0.4) is 0 Å². The van der Waals surface area contributed by atoms with Gasteiger partial charge in [0.25, 0.3) is 11.6 Å². The molecule has 1 aromatic carbocycles. The Kier molecular flexibility index (Phi) is 4.31. The summed E-state index contributed by atoms with van der Waals surface area (Å²) in [6.45, 7) is 0. The first-order valence-corrected chi connectivity index (χ1v) is 6.51. The van der Waals surface area contributed by atoms with Crippen LogP contribution in [0.5, 0.6) is 0 Å². The summed E-state index contributed by atoms with van der Waals surface area (Å²) >= 11 is 8.85. The van der Waals surface area contributed by atoms with Gasteiger partial charge in [0.2, 0.25) is 0 Å². The Morgan fingerprint density at radius 1 is 1.35 bits per heavy atom. The molecule has 0 aliphatic carbocycles. The zero-order valence-electron chi connectivity index (χ0n) is 9.84. The maximum atomic E-state index is 11.9. The molecule has 0 saturated heterocycles. The first kappa shape index (κ1) is 14.4. The van der Waals surface area contributed by atoms with Gasteiger partial charge in [-0.2, -0.15) is 0 Å². The molecule has 0 aliphatic rings. The summed E-state index contributed by atoms with van der Waals surface area (Å²) in [5.41, 5.74) is 0.491. The van der Waals surface area contributed by atoms with Gasteiger partial charge in [-0.1, -0.05) is 11.6 Å². The van der Waals surface area contributed by atoms with E-state index in [1.54, 1.807) is 6.07 Å². The normalized spacial score (nSPS) is 10.1. The van der Waals surface area contributed by atoms with Crippen molar-refractivity contribution < 1.29 is 9.72 Å². The number of nitro benzene ring substituents is 1. The van der Waals surface area contributed by atoms with E-state index in [9.17, 15) is 14.9 Å². The monoisotopic (exact) mass is 355 g/mol. The Hall–Kier alpha value is -1.99. The summed E-state index contributed by atoms with van der Waals surface area (Å²) in [5, 5.41) is 13.7. The van der Waals surface area contributed by atoms with Crippen LogP contribution in [0.1, 0.15) is 10.5 Å². The van der Waals surface area contributed by atoms with Gasteiger partial charge in [-0.25, -0.2) is 0 Å². The lowest BCUT2D eigenvalue weighted by Crippen LogP contribution is -2.13. The van der Waals surface area contributed by atoms with E-state index < -0.39 is 10.8 Å². The highest BCUT2D eigenvalue weighted by atomic mass is 79.9. The third kappa shape index (κ3) is 3.31. The second-order valence-electron chi connectivity index (χ2n) is 3.74. The minimum Gasteiger partial charge on any atom is -0.321 e. The quantitative estimate of drug-likeness (QED) is 0.672. The van der Waals surface area contributed by atoms with E-state index in [4.69, 9.17) is 11.6 Å². The number of pyridine rings is 1. The molecule has 1 amide bonds. The van der Waals surface area contributed by atoms with Crippen molar-refractivity contribution in [2.45, 2.75) is 0 Å². The lowest BCUT2D eigenvalue weighted by atomic mass is 10.2. The molecule has 0 unspecified atom stereocenters. The predicted molar refractivity (Wildman–Crippen MR) is 78.0 cm³/mol. The number of carbonyl (C=O) groups excluding carboxylic acids is 1. The van der Waals surface area contributed by atoms with Crippen molar-refractivity contribution in [1.29, 1.82) is 0 Å². The Morgan fingerprint density at radius 3 is 2.70 bits per heavy atom. The number of rotatable bonds is 3. The van der Waals surface area contributed by atoms with Gasteiger partial charge >= 0.3 is 0 Å². The van der Waals surface area contributed by atoms with E-state index >= 15 is 0 Å². The molecule has 1 heterocycles. The van der Waals surface area contributed by atoms with Crippen LogP contribution in [-0.4, -0.2) is 15.8 Å². The number of anilines is 1. The van der Waals surface area contributed by atoms with Gasteiger partial charge in [0.15, 0.2) is 0 Å². The van der Waals surface area contributed by atoms with Crippen molar-refractivity contribution in [2.24, 2.45) is 0 Å². The lowest BCUT2D eigenvalue weighted by molar-refractivity contribution is -0.385. The van der Waals surface area contributed by atoms with Crippen LogP contribution < -0.4 is 5.32 Å². The zero-order chi connectivity index (χ0) is 14.7. The average molecular weight is 357 g/mol. The van der Waals surface area contributed by atoms with Crippen molar-refractivity contribution in [3.8, 4) is 0 Å². The smallest absolute Gasteiger partial charge is 0.283 e. The molecule has 0 bridgehead atoms. The maximum absolute atomic E-state index is 11.9. The highest BCUT2D eigenvalue weighted by Crippen LogP contribution is 2.27. The summed E-state index contributed by atoms with van der Waals surface area (Å²) < 4.78 is 0.277. The van der Waals surface area contributed by atoms with Crippen LogP contribution in [-0.2, 0) is 0 Å². The number of amides is 1. The van der Waals surface area contributed by atoms with Crippen molar-refractivity contribution in [1.82, 2.24) is 4.98 Å². The van der Waals surface area contributed by atoms with Crippen LogP contribution in [0.15, 0.2) is 41.0 Å². The lowest BCUT2D eigenvalue weighted by Gasteiger charge is -2.05. The van der Waals surface area contributed by atoms with Crippen LogP contribution in [0, 0.1) is 10.1 Å². The van der Waals surface area contributed by atoms with E-state index in [2.05, 4.69) is 26.2 Å². The summed E-state index contributed by atoms with van der Waals surface area (Å²) in [7, 11) is 0. The molecule has 2 aromatic rings. The molecule has 0 spiro atoms. The average Bonchev–Trinajstić information content (AvgIpc) is 2.38. The third-order valence-electron chi connectivity index (χ3n) is 2.36. The number of nitrogens with one attached hydrogen (secondary N) is 1. The Morgan fingerprint density at radius 2 is 2.10 bits per heavy atom. The van der Waals surface area contributed by atoms with Gasteiger partial charge < -0.3 is 5.32 Å². The summed E-state index contributed by atoms with van der Waals surface area (Å²) in [6, 6.07) is 7.16. The number of carbonyl (C=O) groups is 1.